The molecule has 2 heterocycles. The third kappa shape index (κ3) is 5.91. The first kappa shape index (κ1) is 25.2. The van der Waals surface area contributed by atoms with Gasteiger partial charge in [-0.2, -0.15) is 5.10 Å². The van der Waals surface area contributed by atoms with Gasteiger partial charge >= 0.3 is 0 Å². The van der Waals surface area contributed by atoms with Crippen LogP contribution in [0.1, 0.15) is 0 Å². The molecule has 6 heteroatoms. The molecule has 0 unspecified atom stereocenters. The molecule has 0 aliphatic rings. The van der Waals surface area contributed by atoms with Crippen molar-refractivity contribution >= 4 is 0 Å². The molecule has 0 aliphatic heterocycles. The van der Waals surface area contributed by atoms with Gasteiger partial charge in [-0.25, -0.2) is 9.67 Å². The molecule has 38 heavy (non-hydrogen) atoms. The summed E-state index contributed by atoms with van der Waals surface area (Å²) < 4.78 is 13.8. The van der Waals surface area contributed by atoms with Crippen molar-refractivity contribution in [3.05, 3.63) is 140 Å². The molecule has 6 rings (SSSR count). The van der Waals surface area contributed by atoms with Crippen LogP contribution in [0.4, 0.5) is 0 Å². The van der Waals surface area contributed by atoms with Crippen LogP contribution in [0.5, 0.6) is 23.1 Å². The Balaban J connectivity index is 0.00000294. The zero-order valence-corrected chi connectivity index (χ0v) is 22.5. The molecule has 5 nitrogen and oxygen atoms in total. The minimum absolute atomic E-state index is 0. The van der Waals surface area contributed by atoms with Crippen LogP contribution < -0.4 is 9.47 Å². The van der Waals surface area contributed by atoms with Gasteiger partial charge in [0.15, 0.2) is 0 Å². The Morgan fingerprint density at radius 3 is 1.89 bits per heavy atom. The summed E-state index contributed by atoms with van der Waals surface area (Å²) in [7, 11) is 0. The van der Waals surface area contributed by atoms with Crippen molar-refractivity contribution in [1.29, 1.82) is 0 Å². The molecule has 6 aromatic rings. The molecule has 4 aromatic carbocycles. The van der Waals surface area contributed by atoms with Gasteiger partial charge in [0.25, 0.3) is 0 Å². The molecule has 0 aliphatic carbocycles. The summed E-state index contributed by atoms with van der Waals surface area (Å²) in [4.78, 5) is 4.20. The molecule has 0 saturated carbocycles. The molecule has 2 aromatic heterocycles. The van der Waals surface area contributed by atoms with Gasteiger partial charge < -0.3 is 9.47 Å². The van der Waals surface area contributed by atoms with Crippen molar-refractivity contribution in [3.8, 4) is 51.1 Å². The first-order valence-electron chi connectivity index (χ1n) is 12.0. The van der Waals surface area contributed by atoms with E-state index in [4.69, 9.17) is 9.47 Å². The van der Waals surface area contributed by atoms with Crippen LogP contribution in [0.3, 0.4) is 0 Å². The summed E-state index contributed by atoms with van der Waals surface area (Å²) in [5, 5.41) is 4.59. The van der Waals surface area contributed by atoms with E-state index in [-0.39, 0.29) is 21.1 Å². The maximum atomic E-state index is 6.12. The molecule has 0 bridgehead atoms. The molecule has 0 amide bonds. The van der Waals surface area contributed by atoms with Crippen molar-refractivity contribution in [3.63, 3.8) is 0 Å². The van der Waals surface area contributed by atoms with Crippen LogP contribution >= 0.6 is 0 Å². The van der Waals surface area contributed by atoms with E-state index < -0.39 is 0 Å². The monoisotopic (exact) mass is 676 g/mol. The standard InChI is InChI=1S/C32H23N3O2.Pt/c1-2-8-24(9-3-1)25-15-17-26(18-16-25)27-22-34-35(23-27)28-10-6-11-29(20-28)36-30-12-7-13-31(21-30)37-32-14-4-5-19-33-32;/h1-23H;. The topological polar surface area (TPSA) is 49.2 Å². The van der Waals surface area contributed by atoms with Crippen LogP contribution in [0, 0.1) is 0 Å². The van der Waals surface area contributed by atoms with E-state index in [1.54, 1.807) is 6.20 Å². The summed E-state index contributed by atoms with van der Waals surface area (Å²) in [6.07, 6.45) is 5.60. The predicted octanol–water partition coefficient (Wildman–Crippen LogP) is 8.18. The van der Waals surface area contributed by atoms with E-state index in [9.17, 15) is 0 Å². The van der Waals surface area contributed by atoms with Gasteiger partial charge in [-0.3, -0.25) is 0 Å². The van der Waals surface area contributed by atoms with Crippen molar-refractivity contribution in [2.45, 2.75) is 0 Å². The van der Waals surface area contributed by atoms with Crippen LogP contribution in [-0.4, -0.2) is 14.8 Å². The third-order valence-corrected chi connectivity index (χ3v) is 5.89. The first-order valence-corrected chi connectivity index (χ1v) is 12.0. The second-order valence-corrected chi connectivity index (χ2v) is 8.46. The minimum Gasteiger partial charge on any atom is -0.457 e. The van der Waals surface area contributed by atoms with Crippen molar-refractivity contribution in [1.82, 2.24) is 14.8 Å². The summed E-state index contributed by atoms with van der Waals surface area (Å²) >= 11 is 0. The fraction of sp³-hybridized carbons (Fsp3) is 0. The normalized spacial score (nSPS) is 10.4. The van der Waals surface area contributed by atoms with Gasteiger partial charge in [-0.1, -0.05) is 72.8 Å². The SMILES string of the molecule is [Pt].c1ccc(-c2ccc(-c3cnn(-c4cccc(Oc5cccc(Oc6ccccn6)c5)c4)c3)cc2)cc1. The number of rotatable bonds is 7. The van der Waals surface area contributed by atoms with E-state index in [0.717, 1.165) is 16.8 Å². The van der Waals surface area contributed by atoms with E-state index in [0.29, 0.717) is 23.1 Å². The fourth-order valence-corrected chi connectivity index (χ4v) is 4.05. The van der Waals surface area contributed by atoms with E-state index in [1.165, 1.54) is 11.1 Å². The Hall–Kier alpha value is -4.47. The molecule has 0 fully saturated rings. The van der Waals surface area contributed by atoms with E-state index in [1.807, 2.05) is 89.9 Å². The van der Waals surface area contributed by atoms with Gasteiger partial charge in [0, 0.05) is 57.2 Å². The van der Waals surface area contributed by atoms with Gasteiger partial charge in [0.2, 0.25) is 5.88 Å². The summed E-state index contributed by atoms with van der Waals surface area (Å²) in [5.74, 6) is 2.56. The summed E-state index contributed by atoms with van der Waals surface area (Å²) in [5.41, 5.74) is 5.46. The van der Waals surface area contributed by atoms with Gasteiger partial charge in [0.05, 0.1) is 11.9 Å². The van der Waals surface area contributed by atoms with Crippen LogP contribution in [0.25, 0.3) is 27.9 Å². The van der Waals surface area contributed by atoms with Crippen LogP contribution in [0.15, 0.2) is 140 Å². The van der Waals surface area contributed by atoms with Crippen LogP contribution in [-0.2, 0) is 21.1 Å². The van der Waals surface area contributed by atoms with Crippen molar-refractivity contribution < 1.29 is 30.5 Å². The summed E-state index contributed by atoms with van der Waals surface area (Å²) in [6, 6.07) is 39.8. The van der Waals surface area contributed by atoms with Gasteiger partial charge in [0.1, 0.15) is 17.2 Å². The molecule has 188 valence electrons. The number of hydrogen-bond acceptors (Lipinski definition) is 4. The number of aromatic nitrogens is 3. The number of nitrogens with zero attached hydrogens (tertiary/aromatic N) is 3. The van der Waals surface area contributed by atoms with E-state index in [2.05, 4.69) is 58.6 Å². The van der Waals surface area contributed by atoms with Crippen LogP contribution in [0.2, 0.25) is 0 Å². The van der Waals surface area contributed by atoms with E-state index >= 15 is 0 Å². The Morgan fingerprint density at radius 1 is 0.526 bits per heavy atom. The first-order chi connectivity index (χ1) is 18.3. The average molecular weight is 677 g/mol. The zero-order chi connectivity index (χ0) is 24.9. The summed E-state index contributed by atoms with van der Waals surface area (Å²) in [6.45, 7) is 0. The molecule has 0 saturated heterocycles. The Labute approximate surface area is 235 Å². The third-order valence-electron chi connectivity index (χ3n) is 5.89. The molecule has 0 radical (unpaired) electrons. The Kier molecular flexibility index (Phi) is 7.77. The molecular formula is C32H23N3O2Pt. The zero-order valence-electron chi connectivity index (χ0n) is 20.3. The number of hydrogen-bond donors (Lipinski definition) is 0. The fourth-order valence-electron chi connectivity index (χ4n) is 4.05. The number of benzene rings is 4. The Morgan fingerprint density at radius 2 is 1.16 bits per heavy atom. The Bertz CT molecular complexity index is 1620. The smallest absolute Gasteiger partial charge is 0.219 e. The molecule has 0 atom stereocenters. The average Bonchev–Trinajstić information content (AvgIpc) is 3.45. The van der Waals surface area contributed by atoms with Gasteiger partial charge in [-0.15, -0.1) is 0 Å². The number of ether oxygens (including phenoxy) is 2. The van der Waals surface area contributed by atoms with Crippen molar-refractivity contribution in [2.24, 2.45) is 0 Å². The second kappa shape index (κ2) is 11.7. The largest absolute Gasteiger partial charge is 0.457 e. The van der Waals surface area contributed by atoms with Gasteiger partial charge in [-0.05, 0) is 47.0 Å². The molecule has 0 N–H and O–H groups in total. The predicted molar refractivity (Wildman–Crippen MR) is 145 cm³/mol. The van der Waals surface area contributed by atoms with Crippen molar-refractivity contribution in [2.75, 3.05) is 0 Å². The molecular weight excluding hydrogens is 653 g/mol. The second-order valence-electron chi connectivity index (χ2n) is 8.46. The maximum Gasteiger partial charge on any atom is 0.219 e. The number of pyridine rings is 1. The maximum absolute atomic E-state index is 6.12. The minimum atomic E-state index is 0. The quantitative estimate of drug-likeness (QED) is 0.171. The molecule has 0 spiro atoms.